The molecule has 1 N–H and O–H groups in total. The summed E-state index contributed by atoms with van der Waals surface area (Å²) in [4.78, 5) is 7.06. The van der Waals surface area contributed by atoms with E-state index in [1.54, 1.807) is 0 Å². The standard InChI is InChI=1S/C20H24N6/c1-4-15(17-6-2-8-22-18(17)7-1)13-25-10-3-5-16(14-25)20-24-23-19-12-21-9-11-26(19)20/h1-2,4,6-8,16,21H,3,5,9-14H2/t16-/m0/s1. The Balaban J connectivity index is 1.37. The van der Waals surface area contributed by atoms with E-state index in [9.17, 15) is 0 Å². The van der Waals surface area contributed by atoms with Crippen molar-refractivity contribution < 1.29 is 0 Å². The second kappa shape index (κ2) is 6.78. The summed E-state index contributed by atoms with van der Waals surface area (Å²) in [5.41, 5.74) is 2.45. The molecule has 1 fully saturated rings. The van der Waals surface area contributed by atoms with Crippen LogP contribution >= 0.6 is 0 Å². The van der Waals surface area contributed by atoms with E-state index < -0.39 is 0 Å². The van der Waals surface area contributed by atoms with E-state index in [4.69, 9.17) is 0 Å². The van der Waals surface area contributed by atoms with Crippen molar-refractivity contribution in [3.8, 4) is 0 Å². The molecule has 5 rings (SSSR count). The average Bonchev–Trinajstić information content (AvgIpc) is 3.13. The third-order valence-corrected chi connectivity index (χ3v) is 5.65. The van der Waals surface area contributed by atoms with E-state index in [0.717, 1.165) is 50.6 Å². The van der Waals surface area contributed by atoms with Crippen molar-refractivity contribution in [1.29, 1.82) is 0 Å². The molecule has 0 aliphatic carbocycles. The molecule has 4 heterocycles. The van der Waals surface area contributed by atoms with Crippen LogP contribution in [0.25, 0.3) is 10.9 Å². The quantitative estimate of drug-likeness (QED) is 0.787. The Morgan fingerprint density at radius 3 is 3.12 bits per heavy atom. The van der Waals surface area contributed by atoms with E-state index >= 15 is 0 Å². The number of piperidine rings is 1. The van der Waals surface area contributed by atoms with Gasteiger partial charge in [-0.05, 0) is 37.1 Å². The van der Waals surface area contributed by atoms with E-state index in [-0.39, 0.29) is 0 Å². The van der Waals surface area contributed by atoms with Crippen molar-refractivity contribution >= 4 is 10.9 Å². The number of rotatable bonds is 3. The number of benzene rings is 1. The third kappa shape index (κ3) is 2.89. The lowest BCUT2D eigenvalue weighted by atomic mass is 9.96. The number of hydrogen-bond donors (Lipinski definition) is 1. The van der Waals surface area contributed by atoms with Crippen LogP contribution in [0.15, 0.2) is 36.5 Å². The van der Waals surface area contributed by atoms with Crippen LogP contribution in [-0.4, -0.2) is 44.3 Å². The lowest BCUT2D eigenvalue weighted by Gasteiger charge is -2.33. The average molecular weight is 348 g/mol. The van der Waals surface area contributed by atoms with Gasteiger partial charge in [-0.3, -0.25) is 9.88 Å². The van der Waals surface area contributed by atoms with Crippen molar-refractivity contribution in [1.82, 2.24) is 30.0 Å². The summed E-state index contributed by atoms with van der Waals surface area (Å²) in [7, 11) is 0. The second-order valence-electron chi connectivity index (χ2n) is 7.36. The zero-order chi connectivity index (χ0) is 17.3. The lowest BCUT2D eigenvalue weighted by Crippen LogP contribution is -2.36. The first-order chi connectivity index (χ1) is 12.9. The number of likely N-dealkylation sites (tertiary alicyclic amines) is 1. The van der Waals surface area contributed by atoms with Gasteiger partial charge < -0.3 is 9.88 Å². The van der Waals surface area contributed by atoms with Crippen LogP contribution < -0.4 is 5.32 Å². The van der Waals surface area contributed by atoms with Crippen LogP contribution in [0.1, 0.15) is 36.0 Å². The summed E-state index contributed by atoms with van der Waals surface area (Å²) >= 11 is 0. The number of aromatic nitrogens is 4. The van der Waals surface area contributed by atoms with E-state index in [2.05, 4.69) is 54.2 Å². The lowest BCUT2D eigenvalue weighted by molar-refractivity contribution is 0.194. The monoisotopic (exact) mass is 348 g/mol. The summed E-state index contributed by atoms with van der Waals surface area (Å²) in [6.07, 6.45) is 4.29. The maximum atomic E-state index is 4.55. The van der Waals surface area contributed by atoms with Crippen LogP contribution in [0.5, 0.6) is 0 Å². The largest absolute Gasteiger partial charge is 0.312 e. The minimum atomic E-state index is 0.483. The second-order valence-corrected chi connectivity index (χ2v) is 7.36. The van der Waals surface area contributed by atoms with Crippen molar-refractivity contribution in [2.24, 2.45) is 0 Å². The maximum absolute atomic E-state index is 4.55. The predicted molar refractivity (Wildman–Crippen MR) is 101 cm³/mol. The molecule has 6 nitrogen and oxygen atoms in total. The molecule has 134 valence electrons. The number of fused-ring (bicyclic) bond motifs is 2. The minimum absolute atomic E-state index is 0.483. The number of hydrogen-bond acceptors (Lipinski definition) is 5. The van der Waals surface area contributed by atoms with E-state index in [1.165, 1.54) is 29.6 Å². The molecule has 2 aliphatic heterocycles. The van der Waals surface area contributed by atoms with Crippen LogP contribution in [0.3, 0.4) is 0 Å². The summed E-state index contributed by atoms with van der Waals surface area (Å²) in [5, 5.41) is 13.6. The summed E-state index contributed by atoms with van der Waals surface area (Å²) in [5.74, 6) is 2.76. The van der Waals surface area contributed by atoms with Gasteiger partial charge in [0, 0.05) is 43.7 Å². The highest BCUT2D eigenvalue weighted by Gasteiger charge is 2.27. The Hall–Kier alpha value is -2.31. The number of nitrogens with one attached hydrogen (secondary N) is 1. The van der Waals surface area contributed by atoms with Crippen LogP contribution in [0.2, 0.25) is 0 Å². The smallest absolute Gasteiger partial charge is 0.147 e. The van der Waals surface area contributed by atoms with Gasteiger partial charge in [-0.1, -0.05) is 18.2 Å². The molecule has 0 amide bonds. The number of pyridine rings is 1. The highest BCUT2D eigenvalue weighted by Crippen LogP contribution is 2.28. The first-order valence-electron chi connectivity index (χ1n) is 9.56. The first-order valence-corrected chi connectivity index (χ1v) is 9.56. The highest BCUT2D eigenvalue weighted by atomic mass is 15.3. The van der Waals surface area contributed by atoms with Crippen molar-refractivity contribution in [3.63, 3.8) is 0 Å². The van der Waals surface area contributed by atoms with Crippen molar-refractivity contribution in [2.75, 3.05) is 19.6 Å². The fourth-order valence-electron chi connectivity index (χ4n) is 4.37. The van der Waals surface area contributed by atoms with E-state index in [1.807, 2.05) is 12.3 Å². The highest BCUT2D eigenvalue weighted by molar-refractivity contribution is 5.81. The van der Waals surface area contributed by atoms with Gasteiger partial charge >= 0.3 is 0 Å². The maximum Gasteiger partial charge on any atom is 0.147 e. The number of nitrogens with zero attached hydrogens (tertiary/aromatic N) is 5. The Labute approximate surface area is 153 Å². The summed E-state index contributed by atoms with van der Waals surface area (Å²) < 4.78 is 2.34. The van der Waals surface area contributed by atoms with Gasteiger partial charge in [0.15, 0.2) is 0 Å². The summed E-state index contributed by atoms with van der Waals surface area (Å²) in [6.45, 7) is 6.02. The van der Waals surface area contributed by atoms with Crippen LogP contribution in [-0.2, 0) is 19.6 Å². The first kappa shape index (κ1) is 15.9. The molecule has 1 aromatic carbocycles. The van der Waals surface area contributed by atoms with Gasteiger partial charge in [0.05, 0.1) is 12.1 Å². The van der Waals surface area contributed by atoms with Crippen molar-refractivity contribution in [3.05, 3.63) is 53.7 Å². The molecular formula is C20H24N6. The predicted octanol–water partition coefficient (Wildman–Crippen LogP) is 2.31. The zero-order valence-corrected chi connectivity index (χ0v) is 14.9. The molecule has 1 saturated heterocycles. The molecule has 0 radical (unpaired) electrons. The van der Waals surface area contributed by atoms with Crippen LogP contribution in [0.4, 0.5) is 0 Å². The molecule has 26 heavy (non-hydrogen) atoms. The zero-order valence-electron chi connectivity index (χ0n) is 14.9. The van der Waals surface area contributed by atoms with Gasteiger partial charge in [-0.15, -0.1) is 10.2 Å². The molecule has 0 saturated carbocycles. The van der Waals surface area contributed by atoms with Gasteiger partial charge in [-0.2, -0.15) is 0 Å². The fraction of sp³-hybridized carbons (Fsp3) is 0.450. The molecular weight excluding hydrogens is 324 g/mol. The Morgan fingerprint density at radius 1 is 1.12 bits per heavy atom. The normalized spacial score (nSPS) is 21.0. The van der Waals surface area contributed by atoms with Gasteiger partial charge in [0.25, 0.3) is 0 Å². The topological polar surface area (TPSA) is 58.9 Å². The SMILES string of the molecule is c1cc(CN2CCC[C@H](c3nnc4n3CCNC4)C2)c2cccnc2c1. The molecule has 2 aliphatic rings. The van der Waals surface area contributed by atoms with Crippen LogP contribution in [0, 0.1) is 0 Å². The van der Waals surface area contributed by atoms with Gasteiger partial charge in [0.1, 0.15) is 11.6 Å². The fourth-order valence-corrected chi connectivity index (χ4v) is 4.37. The van der Waals surface area contributed by atoms with Gasteiger partial charge in [-0.25, -0.2) is 0 Å². The molecule has 0 bridgehead atoms. The molecule has 0 spiro atoms. The Bertz CT molecular complexity index is 912. The Morgan fingerprint density at radius 2 is 2.12 bits per heavy atom. The Kier molecular flexibility index (Phi) is 4.15. The minimum Gasteiger partial charge on any atom is -0.312 e. The van der Waals surface area contributed by atoms with Crippen molar-refractivity contribution in [2.45, 2.75) is 38.4 Å². The molecule has 3 aromatic rings. The summed E-state index contributed by atoms with van der Waals surface area (Å²) in [6, 6.07) is 10.7. The van der Waals surface area contributed by atoms with E-state index in [0.29, 0.717) is 5.92 Å². The molecule has 0 unspecified atom stereocenters. The third-order valence-electron chi connectivity index (χ3n) is 5.65. The molecule has 6 heteroatoms. The molecule has 1 atom stereocenters. The van der Waals surface area contributed by atoms with Gasteiger partial charge in [0.2, 0.25) is 0 Å². The molecule has 2 aromatic heterocycles.